The highest BCUT2D eigenvalue weighted by molar-refractivity contribution is 4.78. The Morgan fingerprint density at radius 2 is 2.00 bits per heavy atom. The minimum atomic E-state index is -0.248. The van der Waals surface area contributed by atoms with Crippen LogP contribution in [0.1, 0.15) is 33.6 Å². The molecule has 0 aromatic heterocycles. The van der Waals surface area contributed by atoms with Gasteiger partial charge in [-0.05, 0) is 18.8 Å². The van der Waals surface area contributed by atoms with Crippen molar-refractivity contribution in [2.75, 3.05) is 0 Å². The minimum Gasteiger partial charge on any atom is -0.393 e. The monoisotopic (exact) mass is 129 g/mol. The van der Waals surface area contributed by atoms with E-state index in [0.717, 1.165) is 12.8 Å². The normalized spacial score (nSPS) is 15.7. The summed E-state index contributed by atoms with van der Waals surface area (Å²) in [6.07, 6.45) is 1.64. The van der Waals surface area contributed by atoms with Gasteiger partial charge in [0.2, 0.25) is 0 Å². The molecule has 0 saturated carbocycles. The van der Waals surface area contributed by atoms with E-state index in [4.69, 9.17) is 0 Å². The van der Waals surface area contributed by atoms with Crippen molar-refractivity contribution < 1.29 is 5.11 Å². The molecule has 1 unspecified atom stereocenters. The predicted octanol–water partition coefficient (Wildman–Crippen LogP) is 2.01. The van der Waals surface area contributed by atoms with E-state index in [2.05, 4.69) is 13.8 Å². The van der Waals surface area contributed by atoms with E-state index in [1.165, 1.54) is 0 Å². The Morgan fingerprint density at radius 3 is 2.11 bits per heavy atom. The largest absolute Gasteiger partial charge is 0.393 e. The van der Waals surface area contributed by atoms with Crippen molar-refractivity contribution in [3.05, 3.63) is 6.92 Å². The summed E-state index contributed by atoms with van der Waals surface area (Å²) >= 11 is 0. The lowest BCUT2D eigenvalue weighted by molar-refractivity contribution is 0.0715. The van der Waals surface area contributed by atoms with Crippen LogP contribution >= 0.6 is 0 Å². The van der Waals surface area contributed by atoms with Crippen LogP contribution in [0.25, 0.3) is 0 Å². The summed E-state index contributed by atoms with van der Waals surface area (Å²) in [4.78, 5) is 0. The Labute approximate surface area is 58.1 Å². The van der Waals surface area contributed by atoms with E-state index in [1.54, 1.807) is 0 Å². The van der Waals surface area contributed by atoms with E-state index >= 15 is 0 Å². The van der Waals surface area contributed by atoms with Crippen molar-refractivity contribution in [1.82, 2.24) is 0 Å². The molecule has 1 atom stereocenters. The molecule has 1 radical (unpaired) electrons. The van der Waals surface area contributed by atoms with Gasteiger partial charge in [-0.15, -0.1) is 0 Å². The third-order valence-corrected chi connectivity index (χ3v) is 1.46. The van der Waals surface area contributed by atoms with Gasteiger partial charge in [-0.2, -0.15) is 0 Å². The lowest BCUT2D eigenvalue weighted by Crippen LogP contribution is -2.25. The second kappa shape index (κ2) is 3.21. The van der Waals surface area contributed by atoms with Gasteiger partial charge in [0.25, 0.3) is 0 Å². The highest BCUT2D eigenvalue weighted by Crippen LogP contribution is 2.21. The summed E-state index contributed by atoms with van der Waals surface area (Å²) in [5, 5.41) is 9.32. The number of rotatable bonds is 3. The second-order valence-corrected chi connectivity index (χ2v) is 3.29. The fourth-order valence-electron chi connectivity index (χ4n) is 0.664. The van der Waals surface area contributed by atoms with Crippen LogP contribution in [0.4, 0.5) is 0 Å². The van der Waals surface area contributed by atoms with Crippen LogP contribution in [0.3, 0.4) is 0 Å². The smallest absolute Gasteiger partial charge is 0.0591 e. The van der Waals surface area contributed by atoms with Crippen LogP contribution in [-0.2, 0) is 0 Å². The third kappa shape index (κ3) is 3.52. The molecule has 0 rings (SSSR count). The molecular weight excluding hydrogens is 112 g/mol. The molecule has 0 aromatic carbocycles. The van der Waals surface area contributed by atoms with Crippen LogP contribution in [-0.4, -0.2) is 11.2 Å². The summed E-state index contributed by atoms with van der Waals surface area (Å²) < 4.78 is 0. The van der Waals surface area contributed by atoms with E-state index in [1.807, 2.05) is 13.8 Å². The molecule has 0 aromatic rings. The molecule has 0 spiro atoms. The maximum absolute atomic E-state index is 9.32. The highest BCUT2D eigenvalue weighted by Gasteiger charge is 2.20. The number of aliphatic hydroxyl groups excluding tert-OH is 1. The van der Waals surface area contributed by atoms with Crippen LogP contribution in [0.15, 0.2) is 0 Å². The summed E-state index contributed by atoms with van der Waals surface area (Å²) in [7, 11) is 0. The van der Waals surface area contributed by atoms with Crippen molar-refractivity contribution in [3.63, 3.8) is 0 Å². The molecule has 0 saturated heterocycles. The number of aliphatic hydroxyl groups is 1. The van der Waals surface area contributed by atoms with Crippen molar-refractivity contribution in [3.8, 4) is 0 Å². The standard InChI is InChI=1S/C8H17O/c1-5-6-7(9)8(2,3)4/h7,9H,2,5-6H2,1,3-4H3. The number of hydrogen-bond acceptors (Lipinski definition) is 1. The van der Waals surface area contributed by atoms with Gasteiger partial charge in [0.15, 0.2) is 0 Å². The average molecular weight is 129 g/mol. The quantitative estimate of drug-likeness (QED) is 0.618. The van der Waals surface area contributed by atoms with Gasteiger partial charge in [0.1, 0.15) is 0 Å². The maximum Gasteiger partial charge on any atom is 0.0591 e. The molecule has 0 heterocycles. The SMILES string of the molecule is [CH2]C(C)(C)C(O)CCC. The maximum atomic E-state index is 9.32. The first-order valence-electron chi connectivity index (χ1n) is 3.52. The third-order valence-electron chi connectivity index (χ3n) is 1.46. The van der Waals surface area contributed by atoms with E-state index in [0.29, 0.717) is 0 Å². The van der Waals surface area contributed by atoms with Gasteiger partial charge in [-0.25, -0.2) is 0 Å². The van der Waals surface area contributed by atoms with E-state index in [-0.39, 0.29) is 11.5 Å². The van der Waals surface area contributed by atoms with Gasteiger partial charge < -0.3 is 5.11 Å². The molecule has 55 valence electrons. The molecule has 1 N–H and O–H groups in total. The van der Waals surface area contributed by atoms with Gasteiger partial charge in [0, 0.05) is 0 Å². The molecule has 0 aliphatic carbocycles. The summed E-state index contributed by atoms with van der Waals surface area (Å²) in [5.41, 5.74) is -0.185. The van der Waals surface area contributed by atoms with Gasteiger partial charge in [-0.3, -0.25) is 0 Å². The van der Waals surface area contributed by atoms with Crippen molar-refractivity contribution >= 4 is 0 Å². The molecule has 0 bridgehead atoms. The van der Waals surface area contributed by atoms with Gasteiger partial charge >= 0.3 is 0 Å². The molecule has 0 fully saturated rings. The van der Waals surface area contributed by atoms with E-state index < -0.39 is 0 Å². The zero-order valence-corrected chi connectivity index (χ0v) is 6.65. The highest BCUT2D eigenvalue weighted by atomic mass is 16.3. The zero-order valence-electron chi connectivity index (χ0n) is 6.65. The molecule has 1 heteroatoms. The molecule has 9 heavy (non-hydrogen) atoms. The lowest BCUT2D eigenvalue weighted by Gasteiger charge is -2.24. The molecule has 0 amide bonds. The lowest BCUT2D eigenvalue weighted by atomic mass is 9.87. The summed E-state index contributed by atoms with van der Waals surface area (Å²) in [5.74, 6) is 0. The molecule has 0 aliphatic heterocycles. The first-order chi connectivity index (χ1) is 3.98. The van der Waals surface area contributed by atoms with Gasteiger partial charge in [0.05, 0.1) is 6.10 Å². The van der Waals surface area contributed by atoms with Crippen molar-refractivity contribution in [2.24, 2.45) is 5.41 Å². The second-order valence-electron chi connectivity index (χ2n) is 3.29. The Hall–Kier alpha value is -0.0400. The molecular formula is C8H17O. The predicted molar refractivity (Wildman–Crippen MR) is 40.1 cm³/mol. The number of hydrogen-bond donors (Lipinski definition) is 1. The van der Waals surface area contributed by atoms with Crippen molar-refractivity contribution in [1.29, 1.82) is 0 Å². The zero-order chi connectivity index (χ0) is 7.49. The fourth-order valence-corrected chi connectivity index (χ4v) is 0.664. The first-order valence-corrected chi connectivity index (χ1v) is 3.52. The first kappa shape index (κ1) is 8.96. The summed E-state index contributed by atoms with van der Waals surface area (Å²) in [6, 6.07) is 0. The Bertz CT molecular complexity index is 71.1. The van der Waals surface area contributed by atoms with Crippen LogP contribution in [0, 0.1) is 12.3 Å². The topological polar surface area (TPSA) is 20.2 Å². The van der Waals surface area contributed by atoms with Crippen LogP contribution in [0.2, 0.25) is 0 Å². The van der Waals surface area contributed by atoms with Crippen LogP contribution in [0.5, 0.6) is 0 Å². The fraction of sp³-hybridized carbons (Fsp3) is 0.875. The summed E-state index contributed by atoms with van der Waals surface area (Å²) in [6.45, 7) is 9.81. The Morgan fingerprint density at radius 1 is 1.56 bits per heavy atom. The average Bonchev–Trinajstić information content (AvgIpc) is 1.64. The molecule has 0 aliphatic rings. The molecule has 1 nitrogen and oxygen atoms in total. The Balaban J connectivity index is 3.59. The minimum absolute atomic E-state index is 0.185. The van der Waals surface area contributed by atoms with Crippen LogP contribution < -0.4 is 0 Å². The van der Waals surface area contributed by atoms with Crippen molar-refractivity contribution in [2.45, 2.75) is 39.7 Å². The van der Waals surface area contributed by atoms with E-state index in [9.17, 15) is 5.11 Å². The van der Waals surface area contributed by atoms with Gasteiger partial charge in [-0.1, -0.05) is 27.2 Å². The Kier molecular flexibility index (Phi) is 3.20.